The highest BCUT2D eigenvalue weighted by molar-refractivity contribution is 7.26. The van der Waals surface area contributed by atoms with E-state index in [9.17, 15) is 0 Å². The lowest BCUT2D eigenvalue weighted by molar-refractivity contribution is 0.666. The van der Waals surface area contributed by atoms with Crippen LogP contribution in [0.2, 0.25) is 0 Å². The van der Waals surface area contributed by atoms with Crippen molar-refractivity contribution in [3.8, 4) is 102 Å². The van der Waals surface area contributed by atoms with Crippen LogP contribution in [0.5, 0.6) is 0 Å². The van der Waals surface area contributed by atoms with Gasteiger partial charge in [0.05, 0.1) is 60.2 Å². The summed E-state index contributed by atoms with van der Waals surface area (Å²) in [7, 11) is 0. The molecule has 0 bridgehead atoms. The maximum Gasteiger partial charge on any atom is 0.238 e. The normalized spacial score (nSPS) is 12.2. The molecule has 11 nitrogen and oxygen atoms in total. The highest BCUT2D eigenvalue weighted by Crippen LogP contribution is 2.48. The Kier molecular flexibility index (Phi) is 15.6. The number of thiophene rings is 1. The number of hydrogen-bond donors (Lipinski definition) is 0. The number of benzene rings is 20. The van der Waals surface area contributed by atoms with E-state index in [0.717, 1.165) is 203 Å². The van der Waals surface area contributed by atoms with Gasteiger partial charge in [0.1, 0.15) is 5.58 Å². The van der Waals surface area contributed by atoms with E-state index in [-0.39, 0.29) is 0 Å². The highest BCUT2D eigenvalue weighted by atomic mass is 32.1. The molecule has 0 aliphatic heterocycles. The fourth-order valence-electron chi connectivity index (χ4n) is 20.9. The Bertz CT molecular complexity index is 9650. The molecule has 0 N–H and O–H groups in total. The molecule has 130 heavy (non-hydrogen) atoms. The smallest absolute Gasteiger partial charge is 0.238 e. The van der Waals surface area contributed by atoms with Gasteiger partial charge in [0.25, 0.3) is 0 Å². The number of rotatable bonds is 11. The molecule has 20 aromatic carbocycles. The van der Waals surface area contributed by atoms with Gasteiger partial charge in [0.15, 0.2) is 28.9 Å². The summed E-state index contributed by atoms with van der Waals surface area (Å²) in [6, 6.07) is 149. The van der Waals surface area contributed by atoms with E-state index in [0.29, 0.717) is 35.2 Å². The number of furan rings is 1. The molecular weight excluding hydrogens is 1610 g/mol. The van der Waals surface area contributed by atoms with Crippen molar-refractivity contribution in [2.75, 3.05) is 0 Å². The summed E-state index contributed by atoms with van der Waals surface area (Å²) in [6.45, 7) is 0. The molecule has 0 fully saturated rings. The van der Waals surface area contributed by atoms with Gasteiger partial charge in [-0.2, -0.15) is 19.9 Å². The molecule has 0 atom stereocenters. The van der Waals surface area contributed by atoms with Crippen molar-refractivity contribution in [3.05, 3.63) is 413 Å². The first-order valence-corrected chi connectivity index (χ1v) is 44.8. The summed E-state index contributed by atoms with van der Waals surface area (Å²) in [5.74, 6) is 3.49. The van der Waals surface area contributed by atoms with Crippen LogP contribution < -0.4 is 0 Å². The molecule has 28 rings (SSSR count). The van der Waals surface area contributed by atoms with Gasteiger partial charge in [-0.15, -0.1) is 11.3 Å². The van der Waals surface area contributed by atoms with E-state index < -0.39 is 0 Å². The van der Waals surface area contributed by atoms with Crippen LogP contribution in [-0.4, -0.2) is 48.2 Å². The maximum atomic E-state index is 6.66. The largest absolute Gasteiger partial charge is 0.454 e. The van der Waals surface area contributed by atoms with Crippen LogP contribution in [-0.2, 0) is 0 Å². The number of hydrogen-bond acceptors (Lipinski definition) is 8. The SMILES string of the molecule is c1ccc2c(-c3nc(-c4cccc5ccccc45)nc(-n4c5ccccc5c5cc(-c6ccc7c(c6)c6ccccc6n7-c6cccc7c6sc6ccc(-c8ccc9c(-c%10nc(-c%11cccc%12ccccc%11%12)nc(-n%11c%12ccccc%12c%12cc(-c%13ccc%14c(c%13)c%13ccccc%13n%14-c%13cccc%14c%13oc%13ccccc%13%14)ccc%12%11)n%10)cccc9c8)cc67)ccc54)n3)cccc2c1. The van der Waals surface area contributed by atoms with E-state index in [2.05, 4.69) is 425 Å². The monoisotopic (exact) mass is 1670 g/mol. The minimum atomic E-state index is 0.533. The van der Waals surface area contributed by atoms with E-state index >= 15 is 0 Å². The maximum absolute atomic E-state index is 6.66. The third kappa shape index (κ3) is 11.0. The number of nitrogens with zero attached hydrogens (tertiary/aromatic N) is 10. The lowest BCUT2D eigenvalue weighted by Crippen LogP contribution is -2.06. The van der Waals surface area contributed by atoms with Crippen molar-refractivity contribution in [2.45, 2.75) is 0 Å². The second-order valence-corrected chi connectivity index (χ2v) is 35.0. The van der Waals surface area contributed by atoms with Gasteiger partial charge in [0, 0.05) is 91.6 Å². The Morgan fingerprint density at radius 3 is 0.962 bits per heavy atom. The first-order chi connectivity index (χ1) is 64.4. The second-order valence-electron chi connectivity index (χ2n) is 33.9. The highest BCUT2D eigenvalue weighted by Gasteiger charge is 2.27. The van der Waals surface area contributed by atoms with E-state index in [1.165, 1.54) is 36.3 Å². The third-order valence-electron chi connectivity index (χ3n) is 26.9. The Hall–Kier alpha value is -17.3. The molecule has 28 aromatic rings. The predicted molar refractivity (Wildman–Crippen MR) is 539 cm³/mol. The van der Waals surface area contributed by atoms with E-state index in [1.54, 1.807) is 0 Å². The van der Waals surface area contributed by atoms with Crippen LogP contribution in [0.25, 0.3) is 275 Å². The number of aromatic nitrogens is 10. The molecule has 602 valence electrons. The first kappa shape index (κ1) is 72.0. The fraction of sp³-hybridized carbons (Fsp3) is 0. The molecule has 0 spiro atoms. The lowest BCUT2D eigenvalue weighted by Gasteiger charge is -2.14. The molecule has 0 saturated carbocycles. The molecule has 0 aliphatic rings. The van der Waals surface area contributed by atoms with Crippen molar-refractivity contribution in [1.29, 1.82) is 0 Å². The Morgan fingerprint density at radius 2 is 0.500 bits per heavy atom. The predicted octanol–water partition coefficient (Wildman–Crippen LogP) is 31.0. The van der Waals surface area contributed by atoms with Crippen molar-refractivity contribution >= 4 is 184 Å². The van der Waals surface area contributed by atoms with Gasteiger partial charge in [0.2, 0.25) is 11.9 Å². The summed E-state index contributed by atoms with van der Waals surface area (Å²) in [5, 5.41) is 22.5. The fourth-order valence-corrected chi connectivity index (χ4v) is 22.1. The summed E-state index contributed by atoms with van der Waals surface area (Å²) in [4.78, 5) is 32.8. The van der Waals surface area contributed by atoms with Crippen molar-refractivity contribution < 1.29 is 4.42 Å². The molecule has 8 aromatic heterocycles. The van der Waals surface area contributed by atoms with Crippen LogP contribution >= 0.6 is 11.3 Å². The average molecular weight is 1670 g/mol. The van der Waals surface area contributed by atoms with Gasteiger partial charge >= 0.3 is 0 Å². The van der Waals surface area contributed by atoms with Gasteiger partial charge in [-0.1, -0.05) is 303 Å². The van der Waals surface area contributed by atoms with Crippen molar-refractivity contribution in [1.82, 2.24) is 48.2 Å². The van der Waals surface area contributed by atoms with Crippen LogP contribution in [0.3, 0.4) is 0 Å². The zero-order valence-corrected chi connectivity index (χ0v) is 70.4. The molecule has 0 amide bonds. The molecule has 0 unspecified atom stereocenters. The Balaban J connectivity index is 0.526. The van der Waals surface area contributed by atoms with Crippen molar-refractivity contribution in [3.63, 3.8) is 0 Å². The second kappa shape index (κ2) is 28.1. The standard InChI is InChI=1S/C118H68N10OS/c1-4-30-79-69(23-1)26-17-40-90(79)113-119-114(91-41-18-27-70-24-2-5-31-80(70)91)122-117(121-113)127-101-46-14-9-35-85(101)97-67-76(55-61-105(97)127)74-53-59-104-95(65-74)84-34-8-13-45-100(84)126(104)108-49-22-39-89-98-68-77(56-62-110(98)130-112(89)108)72-51-57-82-78(63-72)29-20-43-93(82)116-120-115(92-42-19-28-71-25-3-6-32-81(71)92)123-118(124-116)128-102-47-15-10-36-86(102)96-66-75(54-60-106(96)128)73-52-58-103-94(64-73)83-33-7-12-44-99(83)125(103)107-48-21-38-88-87-37-11-16-50-109(87)129-111(88)107/h1-68H. The third-order valence-corrected chi connectivity index (χ3v) is 28.1. The number of fused-ring (bicyclic) bond motifs is 22. The Labute approximate surface area is 745 Å². The first-order valence-electron chi connectivity index (χ1n) is 43.9. The summed E-state index contributed by atoms with van der Waals surface area (Å²) in [6.07, 6.45) is 0. The molecule has 0 radical (unpaired) electrons. The van der Waals surface area contributed by atoms with E-state index in [4.69, 9.17) is 34.3 Å². The van der Waals surface area contributed by atoms with Crippen LogP contribution in [0.4, 0.5) is 0 Å². The van der Waals surface area contributed by atoms with Crippen LogP contribution in [0, 0.1) is 0 Å². The van der Waals surface area contributed by atoms with E-state index in [1.807, 2.05) is 17.4 Å². The van der Waals surface area contributed by atoms with Gasteiger partial charge in [-0.25, -0.2) is 9.97 Å². The summed E-state index contributed by atoms with van der Waals surface area (Å²) < 4.78 is 18.4. The molecule has 0 aliphatic carbocycles. The Morgan fingerprint density at radius 1 is 0.192 bits per heavy atom. The molecule has 0 saturated heterocycles. The van der Waals surface area contributed by atoms with Crippen LogP contribution in [0.15, 0.2) is 417 Å². The van der Waals surface area contributed by atoms with Gasteiger partial charge in [-0.05, 0) is 186 Å². The quantitative estimate of drug-likeness (QED) is 0.127. The minimum Gasteiger partial charge on any atom is -0.454 e. The molecular formula is C118H68N10OS. The zero-order valence-electron chi connectivity index (χ0n) is 69.5. The summed E-state index contributed by atoms with van der Waals surface area (Å²) in [5.41, 5.74) is 22.9. The molecule has 12 heteroatoms. The average Bonchev–Trinajstić information content (AvgIpc) is 1.55. The van der Waals surface area contributed by atoms with Gasteiger partial charge < -0.3 is 13.6 Å². The number of para-hydroxylation sites is 6. The summed E-state index contributed by atoms with van der Waals surface area (Å²) >= 11 is 1.85. The molecule has 8 heterocycles. The van der Waals surface area contributed by atoms with Crippen LogP contribution in [0.1, 0.15) is 0 Å². The topological polar surface area (TPSA) is 110 Å². The van der Waals surface area contributed by atoms with Crippen molar-refractivity contribution in [2.24, 2.45) is 0 Å². The van der Waals surface area contributed by atoms with Gasteiger partial charge in [-0.3, -0.25) is 9.13 Å². The lowest BCUT2D eigenvalue weighted by atomic mass is 9.97. The zero-order chi connectivity index (χ0) is 84.9. The minimum absolute atomic E-state index is 0.533.